The third-order valence-corrected chi connectivity index (χ3v) is 3.27. The molecule has 18 heavy (non-hydrogen) atoms. The van der Waals surface area contributed by atoms with E-state index in [1.807, 2.05) is 0 Å². The molecule has 0 heterocycles. The van der Waals surface area contributed by atoms with Crippen LogP contribution in [0.1, 0.15) is 22.8 Å². The van der Waals surface area contributed by atoms with Crippen molar-refractivity contribution in [2.75, 3.05) is 0 Å². The highest BCUT2D eigenvalue weighted by Gasteiger charge is 2.17. The highest BCUT2D eigenvalue weighted by Crippen LogP contribution is 2.29. The van der Waals surface area contributed by atoms with Gasteiger partial charge >= 0.3 is 0 Å². The summed E-state index contributed by atoms with van der Waals surface area (Å²) in [6.07, 6.45) is -1.11. The fourth-order valence-electron chi connectivity index (χ4n) is 1.84. The highest BCUT2D eigenvalue weighted by atomic mass is 79.9. The van der Waals surface area contributed by atoms with E-state index in [4.69, 9.17) is 0 Å². The number of rotatable bonds is 2. The van der Waals surface area contributed by atoms with Crippen molar-refractivity contribution >= 4 is 15.9 Å². The van der Waals surface area contributed by atoms with Gasteiger partial charge in [0.1, 0.15) is 17.7 Å². The summed E-state index contributed by atoms with van der Waals surface area (Å²) in [4.78, 5) is 0. The molecular formula is C14H11BrF2O. The second-order valence-corrected chi connectivity index (χ2v) is 4.98. The molecule has 2 aromatic carbocycles. The zero-order valence-corrected chi connectivity index (χ0v) is 11.2. The van der Waals surface area contributed by atoms with Gasteiger partial charge in [-0.3, -0.25) is 0 Å². The van der Waals surface area contributed by atoms with Gasteiger partial charge in [0, 0.05) is 10.0 Å². The molecule has 0 saturated carbocycles. The van der Waals surface area contributed by atoms with Crippen molar-refractivity contribution in [1.82, 2.24) is 0 Å². The Morgan fingerprint density at radius 1 is 1.06 bits per heavy atom. The van der Waals surface area contributed by atoms with Crippen molar-refractivity contribution in [3.05, 3.63) is 69.2 Å². The lowest BCUT2D eigenvalue weighted by Crippen LogP contribution is -2.05. The van der Waals surface area contributed by atoms with Crippen LogP contribution >= 0.6 is 15.9 Å². The molecule has 0 aromatic heterocycles. The summed E-state index contributed by atoms with van der Waals surface area (Å²) in [5, 5.41) is 10.2. The van der Waals surface area contributed by atoms with E-state index in [1.165, 1.54) is 30.3 Å². The van der Waals surface area contributed by atoms with Crippen LogP contribution in [0.15, 0.2) is 40.9 Å². The van der Waals surface area contributed by atoms with E-state index in [0.717, 1.165) is 0 Å². The predicted molar refractivity (Wildman–Crippen MR) is 69.3 cm³/mol. The van der Waals surface area contributed by atoms with Crippen LogP contribution in [0.2, 0.25) is 0 Å². The van der Waals surface area contributed by atoms with E-state index in [-0.39, 0.29) is 11.4 Å². The summed E-state index contributed by atoms with van der Waals surface area (Å²) >= 11 is 3.23. The van der Waals surface area contributed by atoms with E-state index in [0.29, 0.717) is 15.6 Å². The fraction of sp³-hybridized carbons (Fsp3) is 0.143. The molecule has 2 aromatic rings. The standard InChI is InChI=1S/C14H11BrF2O/c1-8-6-10(16)3-4-11(8)14(18)12-7-9(15)2-5-13(12)17/h2-7,14,18H,1H3. The number of halogens is 3. The lowest BCUT2D eigenvalue weighted by Gasteiger charge is -2.15. The van der Waals surface area contributed by atoms with Crippen LogP contribution < -0.4 is 0 Å². The largest absolute Gasteiger partial charge is 0.384 e. The Kier molecular flexibility index (Phi) is 3.78. The molecule has 94 valence electrons. The summed E-state index contributed by atoms with van der Waals surface area (Å²) in [7, 11) is 0. The molecule has 1 nitrogen and oxygen atoms in total. The molecule has 4 heteroatoms. The third-order valence-electron chi connectivity index (χ3n) is 2.78. The minimum absolute atomic E-state index is 0.166. The molecule has 0 radical (unpaired) electrons. The first-order chi connectivity index (χ1) is 8.49. The molecule has 0 bridgehead atoms. The van der Waals surface area contributed by atoms with E-state index in [1.54, 1.807) is 13.0 Å². The average molecular weight is 313 g/mol. The first-order valence-corrected chi connectivity index (χ1v) is 6.17. The second kappa shape index (κ2) is 5.16. The summed E-state index contributed by atoms with van der Waals surface area (Å²) in [6, 6.07) is 8.39. The number of hydrogen-bond donors (Lipinski definition) is 1. The van der Waals surface area contributed by atoms with Gasteiger partial charge in [-0.2, -0.15) is 0 Å². The van der Waals surface area contributed by atoms with Crippen molar-refractivity contribution in [2.45, 2.75) is 13.0 Å². The maximum absolute atomic E-state index is 13.7. The van der Waals surface area contributed by atoms with Crippen LogP contribution in [0, 0.1) is 18.6 Å². The quantitative estimate of drug-likeness (QED) is 0.884. The summed E-state index contributed by atoms with van der Waals surface area (Å²) in [6.45, 7) is 1.68. The lowest BCUT2D eigenvalue weighted by atomic mass is 9.97. The third kappa shape index (κ3) is 2.60. The predicted octanol–water partition coefficient (Wildman–Crippen LogP) is 4.12. The molecule has 0 fully saturated rings. The van der Waals surface area contributed by atoms with Crippen LogP contribution in [-0.4, -0.2) is 5.11 Å². The Morgan fingerprint density at radius 3 is 2.44 bits per heavy atom. The van der Waals surface area contributed by atoms with E-state index >= 15 is 0 Å². The maximum Gasteiger partial charge on any atom is 0.129 e. The van der Waals surface area contributed by atoms with Crippen LogP contribution in [0.4, 0.5) is 8.78 Å². The lowest BCUT2D eigenvalue weighted by molar-refractivity contribution is 0.214. The molecular weight excluding hydrogens is 302 g/mol. The SMILES string of the molecule is Cc1cc(F)ccc1C(O)c1cc(Br)ccc1F. The topological polar surface area (TPSA) is 20.2 Å². The zero-order chi connectivity index (χ0) is 13.3. The Labute approximate surface area is 112 Å². The van der Waals surface area contributed by atoms with Gasteiger partial charge in [-0.25, -0.2) is 8.78 Å². The van der Waals surface area contributed by atoms with Gasteiger partial charge in [0.2, 0.25) is 0 Å². The van der Waals surface area contributed by atoms with Gasteiger partial charge in [-0.15, -0.1) is 0 Å². The van der Waals surface area contributed by atoms with Crippen molar-refractivity contribution < 1.29 is 13.9 Å². The van der Waals surface area contributed by atoms with Crippen molar-refractivity contribution in [3.63, 3.8) is 0 Å². The molecule has 2 rings (SSSR count). The van der Waals surface area contributed by atoms with Crippen LogP contribution in [-0.2, 0) is 0 Å². The normalized spacial score (nSPS) is 12.5. The van der Waals surface area contributed by atoms with Crippen LogP contribution in [0.5, 0.6) is 0 Å². The molecule has 0 amide bonds. The number of aryl methyl sites for hydroxylation is 1. The molecule has 0 spiro atoms. The van der Waals surface area contributed by atoms with E-state index in [9.17, 15) is 13.9 Å². The van der Waals surface area contributed by atoms with Gasteiger partial charge in [-0.05, 0) is 48.4 Å². The van der Waals surface area contributed by atoms with E-state index in [2.05, 4.69) is 15.9 Å². The maximum atomic E-state index is 13.7. The minimum atomic E-state index is -1.11. The molecule has 1 unspecified atom stereocenters. The van der Waals surface area contributed by atoms with Gasteiger partial charge in [0.05, 0.1) is 0 Å². The summed E-state index contributed by atoms with van der Waals surface area (Å²) < 4.78 is 27.3. The van der Waals surface area contributed by atoms with Crippen LogP contribution in [0.3, 0.4) is 0 Å². The fourth-order valence-corrected chi connectivity index (χ4v) is 2.22. The van der Waals surface area contributed by atoms with Gasteiger partial charge in [-0.1, -0.05) is 22.0 Å². The molecule has 1 atom stereocenters. The molecule has 0 aliphatic carbocycles. The van der Waals surface area contributed by atoms with Gasteiger partial charge in [0.15, 0.2) is 0 Å². The number of aliphatic hydroxyl groups excluding tert-OH is 1. The monoisotopic (exact) mass is 312 g/mol. The Bertz CT molecular complexity index is 584. The molecule has 0 aliphatic rings. The second-order valence-electron chi connectivity index (χ2n) is 4.07. The van der Waals surface area contributed by atoms with Gasteiger partial charge in [0.25, 0.3) is 0 Å². The smallest absolute Gasteiger partial charge is 0.129 e. The summed E-state index contributed by atoms with van der Waals surface area (Å²) in [5.74, 6) is -0.868. The van der Waals surface area contributed by atoms with Gasteiger partial charge < -0.3 is 5.11 Å². The average Bonchev–Trinajstić information content (AvgIpc) is 2.31. The first-order valence-electron chi connectivity index (χ1n) is 5.38. The summed E-state index contributed by atoms with van der Waals surface area (Å²) in [5.41, 5.74) is 1.24. The number of hydrogen-bond acceptors (Lipinski definition) is 1. The molecule has 1 N–H and O–H groups in total. The number of aliphatic hydroxyl groups is 1. The van der Waals surface area contributed by atoms with Crippen molar-refractivity contribution in [2.24, 2.45) is 0 Å². The molecule has 0 aliphatic heterocycles. The van der Waals surface area contributed by atoms with Crippen LogP contribution in [0.25, 0.3) is 0 Å². The first kappa shape index (κ1) is 13.2. The number of benzene rings is 2. The highest BCUT2D eigenvalue weighted by molar-refractivity contribution is 9.10. The Balaban J connectivity index is 2.47. The Morgan fingerprint density at radius 2 is 1.78 bits per heavy atom. The van der Waals surface area contributed by atoms with Crippen molar-refractivity contribution in [3.8, 4) is 0 Å². The van der Waals surface area contributed by atoms with Crippen molar-refractivity contribution in [1.29, 1.82) is 0 Å². The zero-order valence-electron chi connectivity index (χ0n) is 9.62. The Hall–Kier alpha value is -1.26. The minimum Gasteiger partial charge on any atom is -0.384 e. The van der Waals surface area contributed by atoms with E-state index < -0.39 is 11.9 Å². The molecule has 0 saturated heterocycles.